The predicted octanol–water partition coefficient (Wildman–Crippen LogP) is 0.972. The van der Waals surface area contributed by atoms with Gasteiger partial charge in [0.2, 0.25) is 0 Å². The van der Waals surface area contributed by atoms with Crippen LogP contribution in [0.15, 0.2) is 12.4 Å². The first-order valence-electron chi connectivity index (χ1n) is 5.01. The van der Waals surface area contributed by atoms with Crippen molar-refractivity contribution in [1.82, 2.24) is 9.78 Å². The lowest BCUT2D eigenvalue weighted by atomic mass is 9.91. The van der Waals surface area contributed by atoms with Gasteiger partial charge < -0.3 is 9.84 Å². The zero-order chi connectivity index (χ0) is 10.8. The minimum atomic E-state index is -0.788. The number of aliphatic carboxylic acids is 1. The summed E-state index contributed by atoms with van der Waals surface area (Å²) in [5.74, 6) is -1.23. The fraction of sp³-hybridized carbons (Fsp3) is 0.600. The summed E-state index contributed by atoms with van der Waals surface area (Å²) in [4.78, 5) is 11.0. The molecule has 0 bridgehead atoms. The first kappa shape index (κ1) is 10.2. The van der Waals surface area contributed by atoms with Gasteiger partial charge in [-0.3, -0.25) is 9.48 Å². The molecule has 2 rings (SSSR count). The van der Waals surface area contributed by atoms with E-state index in [2.05, 4.69) is 5.10 Å². The quantitative estimate of drug-likeness (QED) is 0.790. The Morgan fingerprint density at radius 3 is 3.13 bits per heavy atom. The van der Waals surface area contributed by atoms with E-state index in [1.54, 1.807) is 10.9 Å². The molecule has 1 fully saturated rings. The largest absolute Gasteiger partial charge is 0.481 e. The van der Waals surface area contributed by atoms with Gasteiger partial charge in [-0.2, -0.15) is 5.10 Å². The standard InChI is InChI=1S/C10H14N2O3/c1-12-6-7(5-11-12)9-8(10(13)14)3-2-4-15-9/h5-6,8-9H,2-4H2,1H3,(H,13,14). The first-order valence-corrected chi connectivity index (χ1v) is 5.01. The van der Waals surface area contributed by atoms with Crippen LogP contribution in [0.4, 0.5) is 0 Å². The maximum Gasteiger partial charge on any atom is 0.309 e. The molecule has 2 heterocycles. The van der Waals surface area contributed by atoms with Gasteiger partial charge in [0.25, 0.3) is 0 Å². The molecule has 0 radical (unpaired) electrons. The van der Waals surface area contributed by atoms with Crippen molar-refractivity contribution in [2.75, 3.05) is 6.61 Å². The number of aryl methyl sites for hydroxylation is 1. The van der Waals surface area contributed by atoms with Gasteiger partial charge >= 0.3 is 5.97 Å². The Kier molecular flexibility index (Phi) is 2.73. The molecule has 0 spiro atoms. The van der Waals surface area contributed by atoms with Crippen molar-refractivity contribution in [2.24, 2.45) is 13.0 Å². The fourth-order valence-electron chi connectivity index (χ4n) is 1.95. The van der Waals surface area contributed by atoms with E-state index in [1.165, 1.54) is 0 Å². The molecule has 1 saturated heterocycles. The second-order valence-corrected chi connectivity index (χ2v) is 3.83. The Bertz CT molecular complexity index is 361. The third kappa shape index (κ3) is 2.02. The molecule has 2 unspecified atom stereocenters. The van der Waals surface area contributed by atoms with Crippen molar-refractivity contribution in [1.29, 1.82) is 0 Å². The number of hydrogen-bond acceptors (Lipinski definition) is 3. The SMILES string of the molecule is Cn1cc(C2OCCCC2C(=O)O)cn1. The van der Waals surface area contributed by atoms with Crippen molar-refractivity contribution < 1.29 is 14.6 Å². The molecule has 5 heteroatoms. The fourth-order valence-corrected chi connectivity index (χ4v) is 1.95. The van der Waals surface area contributed by atoms with Crippen LogP contribution in [0.5, 0.6) is 0 Å². The minimum Gasteiger partial charge on any atom is -0.481 e. The molecule has 15 heavy (non-hydrogen) atoms. The van der Waals surface area contributed by atoms with E-state index < -0.39 is 11.9 Å². The zero-order valence-electron chi connectivity index (χ0n) is 8.59. The number of nitrogens with zero attached hydrogens (tertiary/aromatic N) is 2. The molecule has 5 nitrogen and oxygen atoms in total. The first-order chi connectivity index (χ1) is 7.18. The van der Waals surface area contributed by atoms with Gasteiger partial charge in [0.15, 0.2) is 0 Å². The van der Waals surface area contributed by atoms with Crippen LogP contribution in [0, 0.1) is 5.92 Å². The minimum absolute atomic E-state index is 0.343. The maximum absolute atomic E-state index is 11.0. The monoisotopic (exact) mass is 210 g/mol. The van der Waals surface area contributed by atoms with E-state index in [1.807, 2.05) is 13.2 Å². The molecule has 0 aromatic carbocycles. The molecular formula is C10H14N2O3. The molecule has 0 amide bonds. The summed E-state index contributed by atoms with van der Waals surface area (Å²) >= 11 is 0. The van der Waals surface area contributed by atoms with Crippen molar-refractivity contribution >= 4 is 5.97 Å². The Morgan fingerprint density at radius 2 is 2.53 bits per heavy atom. The number of hydrogen-bond donors (Lipinski definition) is 1. The highest BCUT2D eigenvalue weighted by Crippen LogP contribution is 2.33. The van der Waals surface area contributed by atoms with E-state index in [-0.39, 0.29) is 6.10 Å². The van der Waals surface area contributed by atoms with Crippen LogP contribution in [0.1, 0.15) is 24.5 Å². The van der Waals surface area contributed by atoms with Crippen molar-refractivity contribution in [3.8, 4) is 0 Å². The van der Waals surface area contributed by atoms with Gasteiger partial charge in [-0.25, -0.2) is 0 Å². The van der Waals surface area contributed by atoms with Crippen molar-refractivity contribution in [2.45, 2.75) is 18.9 Å². The van der Waals surface area contributed by atoms with Gasteiger partial charge in [-0.05, 0) is 12.8 Å². The van der Waals surface area contributed by atoms with Crippen LogP contribution in [0.3, 0.4) is 0 Å². The number of carboxylic acid groups (broad SMARTS) is 1. The molecule has 1 aliphatic heterocycles. The predicted molar refractivity (Wildman–Crippen MR) is 52.3 cm³/mol. The van der Waals surface area contributed by atoms with Crippen LogP contribution < -0.4 is 0 Å². The van der Waals surface area contributed by atoms with Crippen LogP contribution >= 0.6 is 0 Å². The number of ether oxygens (including phenoxy) is 1. The Morgan fingerprint density at radius 1 is 1.73 bits per heavy atom. The number of carbonyl (C=O) groups is 1. The Labute approximate surface area is 87.7 Å². The van der Waals surface area contributed by atoms with Crippen molar-refractivity contribution in [3.63, 3.8) is 0 Å². The third-order valence-electron chi connectivity index (χ3n) is 2.69. The van der Waals surface area contributed by atoms with Gasteiger partial charge in [-0.15, -0.1) is 0 Å². The van der Waals surface area contributed by atoms with E-state index >= 15 is 0 Å². The Hall–Kier alpha value is -1.36. The second-order valence-electron chi connectivity index (χ2n) is 3.83. The third-order valence-corrected chi connectivity index (χ3v) is 2.69. The molecule has 1 N–H and O–H groups in total. The van der Waals surface area contributed by atoms with Gasteiger partial charge in [0.05, 0.1) is 18.2 Å². The maximum atomic E-state index is 11.0. The van der Waals surface area contributed by atoms with E-state index in [9.17, 15) is 4.79 Å². The second kappa shape index (κ2) is 4.02. The molecule has 1 aromatic heterocycles. The average molecular weight is 210 g/mol. The van der Waals surface area contributed by atoms with E-state index in [0.29, 0.717) is 13.0 Å². The number of rotatable bonds is 2. The summed E-state index contributed by atoms with van der Waals surface area (Å²) in [5, 5.41) is 13.1. The van der Waals surface area contributed by atoms with Gasteiger partial charge in [0, 0.05) is 25.4 Å². The summed E-state index contributed by atoms with van der Waals surface area (Å²) in [6.07, 6.45) is 4.63. The summed E-state index contributed by atoms with van der Waals surface area (Å²) < 4.78 is 7.18. The van der Waals surface area contributed by atoms with E-state index in [4.69, 9.17) is 9.84 Å². The number of carboxylic acids is 1. The molecular weight excluding hydrogens is 196 g/mol. The van der Waals surface area contributed by atoms with Crippen LogP contribution in [-0.4, -0.2) is 27.5 Å². The van der Waals surface area contributed by atoms with Crippen molar-refractivity contribution in [3.05, 3.63) is 18.0 Å². The summed E-state index contributed by atoms with van der Waals surface area (Å²) in [6.45, 7) is 0.628. The highest BCUT2D eigenvalue weighted by Gasteiger charge is 2.33. The smallest absolute Gasteiger partial charge is 0.309 e. The van der Waals surface area contributed by atoms with Crippen LogP contribution in [-0.2, 0) is 16.6 Å². The van der Waals surface area contributed by atoms with E-state index in [0.717, 1.165) is 12.0 Å². The molecule has 0 saturated carbocycles. The molecule has 82 valence electrons. The Balaban J connectivity index is 2.21. The highest BCUT2D eigenvalue weighted by molar-refractivity contribution is 5.71. The zero-order valence-corrected chi connectivity index (χ0v) is 8.59. The summed E-state index contributed by atoms with van der Waals surface area (Å²) in [5.41, 5.74) is 0.851. The average Bonchev–Trinajstić information content (AvgIpc) is 2.65. The lowest BCUT2D eigenvalue weighted by molar-refractivity contribution is -0.151. The normalized spacial score (nSPS) is 26.5. The highest BCUT2D eigenvalue weighted by atomic mass is 16.5. The van der Waals surface area contributed by atoms with Gasteiger partial charge in [0.1, 0.15) is 0 Å². The lowest BCUT2D eigenvalue weighted by Crippen LogP contribution is -2.28. The molecule has 0 aliphatic carbocycles. The summed E-state index contributed by atoms with van der Waals surface area (Å²) in [7, 11) is 1.81. The lowest BCUT2D eigenvalue weighted by Gasteiger charge is -2.27. The molecule has 1 aliphatic rings. The number of aromatic nitrogens is 2. The molecule has 1 aromatic rings. The summed E-state index contributed by atoms with van der Waals surface area (Å²) in [6, 6.07) is 0. The van der Waals surface area contributed by atoms with Gasteiger partial charge in [-0.1, -0.05) is 0 Å². The van der Waals surface area contributed by atoms with Crippen LogP contribution in [0.2, 0.25) is 0 Å². The topological polar surface area (TPSA) is 64.3 Å². The van der Waals surface area contributed by atoms with Crippen LogP contribution in [0.25, 0.3) is 0 Å². The molecule has 2 atom stereocenters.